The van der Waals surface area contributed by atoms with Crippen LogP contribution in [0.2, 0.25) is 0 Å². The van der Waals surface area contributed by atoms with Gasteiger partial charge in [-0.05, 0) is 42.5 Å². The first-order valence-corrected chi connectivity index (χ1v) is 11.4. The molecule has 1 atom stereocenters. The molecule has 0 radical (unpaired) electrons. The molecule has 2 N–H and O–H groups in total. The molecule has 1 aliphatic carbocycles. The third kappa shape index (κ3) is 4.09. The highest BCUT2D eigenvalue weighted by molar-refractivity contribution is 6.10. The predicted octanol–water partition coefficient (Wildman–Crippen LogP) is 6.45. The average Bonchev–Trinajstić information content (AvgIpc) is 2.95. The molecule has 3 aromatic carbocycles. The van der Waals surface area contributed by atoms with Gasteiger partial charge < -0.3 is 10.6 Å². The quantitative estimate of drug-likeness (QED) is 0.463. The fourth-order valence-corrected chi connectivity index (χ4v) is 4.85. The van der Waals surface area contributed by atoms with E-state index in [-0.39, 0.29) is 23.0 Å². The Morgan fingerprint density at radius 2 is 1.61 bits per heavy atom. The molecule has 4 heteroatoms. The number of carbonyl (C=O) groups excluding carboxylic acids is 2. The summed E-state index contributed by atoms with van der Waals surface area (Å²) in [5, 5.41) is 7.15. The van der Waals surface area contributed by atoms with Crippen molar-refractivity contribution in [1.82, 2.24) is 0 Å². The Morgan fingerprint density at radius 1 is 0.879 bits per heavy atom. The highest BCUT2D eigenvalue weighted by Crippen LogP contribution is 2.45. The number of hydrogen-bond donors (Lipinski definition) is 2. The summed E-state index contributed by atoms with van der Waals surface area (Å²) < 4.78 is 0. The van der Waals surface area contributed by atoms with Crippen molar-refractivity contribution < 1.29 is 9.59 Å². The summed E-state index contributed by atoms with van der Waals surface area (Å²) in [6, 6.07) is 23.1. The standard InChI is InChI=1S/C29H28N2O2/c1-18-9-11-19(12-10-18)27-26-24(16-29(2,3)17-25(26)32)30-23-15-21(13-14-22(23)31-27)28(33)20-7-5-4-6-8-20/h4-15,27,30-31H,16-17H2,1-3H3/t27-/m1/s1. The molecule has 3 aromatic rings. The van der Waals surface area contributed by atoms with Crippen LogP contribution in [0.25, 0.3) is 0 Å². The Bertz CT molecular complexity index is 1270. The summed E-state index contributed by atoms with van der Waals surface area (Å²) in [4.78, 5) is 26.4. The number of ketones is 2. The van der Waals surface area contributed by atoms with Crippen molar-refractivity contribution in [3.8, 4) is 0 Å². The number of fused-ring (bicyclic) bond motifs is 1. The number of aryl methyl sites for hydroxylation is 1. The van der Waals surface area contributed by atoms with Crippen molar-refractivity contribution >= 4 is 22.9 Å². The molecule has 166 valence electrons. The van der Waals surface area contributed by atoms with E-state index in [0.29, 0.717) is 17.5 Å². The van der Waals surface area contributed by atoms with Crippen LogP contribution in [0.5, 0.6) is 0 Å². The molecule has 1 heterocycles. The zero-order chi connectivity index (χ0) is 23.2. The summed E-state index contributed by atoms with van der Waals surface area (Å²) >= 11 is 0. The van der Waals surface area contributed by atoms with Gasteiger partial charge in [0.15, 0.2) is 11.6 Å². The number of Topliss-reactive ketones (excluding diaryl/α,β-unsaturated/α-hetero) is 1. The molecule has 0 saturated carbocycles. The largest absolute Gasteiger partial charge is 0.372 e. The van der Waals surface area contributed by atoms with E-state index in [0.717, 1.165) is 34.6 Å². The molecule has 0 saturated heterocycles. The average molecular weight is 437 g/mol. The van der Waals surface area contributed by atoms with Gasteiger partial charge in [0.1, 0.15) is 0 Å². The summed E-state index contributed by atoms with van der Waals surface area (Å²) in [6.07, 6.45) is 1.29. The van der Waals surface area contributed by atoms with Crippen LogP contribution in [-0.2, 0) is 4.79 Å². The number of benzene rings is 3. The summed E-state index contributed by atoms with van der Waals surface area (Å²) in [5.74, 6) is 0.147. The molecule has 1 aliphatic heterocycles. The maximum Gasteiger partial charge on any atom is 0.193 e. The van der Waals surface area contributed by atoms with Crippen LogP contribution in [0.4, 0.5) is 11.4 Å². The highest BCUT2D eigenvalue weighted by Gasteiger charge is 2.38. The second-order valence-corrected chi connectivity index (χ2v) is 9.90. The lowest BCUT2D eigenvalue weighted by Crippen LogP contribution is -2.31. The van der Waals surface area contributed by atoms with E-state index in [1.807, 2.05) is 48.5 Å². The topological polar surface area (TPSA) is 58.2 Å². The fraction of sp³-hybridized carbons (Fsp3) is 0.241. The lowest BCUT2D eigenvalue weighted by molar-refractivity contribution is -0.118. The number of rotatable bonds is 3. The van der Waals surface area contributed by atoms with E-state index in [2.05, 4.69) is 55.7 Å². The SMILES string of the molecule is Cc1ccc([C@H]2Nc3ccc(C(=O)c4ccccc4)cc3NC3=C2C(=O)CC(C)(C)C3)cc1. The molecule has 5 rings (SSSR count). The van der Waals surface area contributed by atoms with Crippen LogP contribution >= 0.6 is 0 Å². The number of hydrogen-bond acceptors (Lipinski definition) is 4. The van der Waals surface area contributed by atoms with Gasteiger partial charge >= 0.3 is 0 Å². The van der Waals surface area contributed by atoms with Crippen molar-refractivity contribution in [2.75, 3.05) is 10.6 Å². The molecule has 4 nitrogen and oxygen atoms in total. The molecule has 0 amide bonds. The molecule has 0 spiro atoms. The minimum absolute atomic E-state index is 0.0196. The van der Waals surface area contributed by atoms with Crippen molar-refractivity contribution in [1.29, 1.82) is 0 Å². The van der Waals surface area contributed by atoms with Gasteiger partial charge in [0.05, 0.1) is 17.4 Å². The molecule has 2 aliphatic rings. The zero-order valence-corrected chi connectivity index (χ0v) is 19.2. The Labute approximate surface area is 194 Å². The Kier molecular flexibility index (Phi) is 5.16. The van der Waals surface area contributed by atoms with Gasteiger partial charge in [0.2, 0.25) is 0 Å². The molecule has 0 fully saturated rings. The summed E-state index contributed by atoms with van der Waals surface area (Å²) in [5.41, 5.74) is 6.83. The first kappa shape index (κ1) is 21.2. The molecule has 0 unspecified atom stereocenters. The van der Waals surface area contributed by atoms with Crippen molar-refractivity contribution in [2.45, 2.75) is 39.7 Å². The summed E-state index contributed by atoms with van der Waals surface area (Å²) in [7, 11) is 0. The second kappa shape index (κ2) is 8.04. The van der Waals surface area contributed by atoms with Gasteiger partial charge in [-0.2, -0.15) is 0 Å². The molecule has 0 aromatic heterocycles. The Balaban J connectivity index is 1.60. The normalized spacial score (nSPS) is 19.0. The Hall–Kier alpha value is -3.66. The number of allylic oxidation sites excluding steroid dienone is 1. The second-order valence-electron chi connectivity index (χ2n) is 9.90. The smallest absolute Gasteiger partial charge is 0.193 e. The van der Waals surface area contributed by atoms with Gasteiger partial charge in [-0.15, -0.1) is 0 Å². The van der Waals surface area contributed by atoms with E-state index in [1.165, 1.54) is 5.56 Å². The fourth-order valence-electron chi connectivity index (χ4n) is 4.85. The van der Waals surface area contributed by atoms with Crippen molar-refractivity contribution in [3.05, 3.63) is 106 Å². The van der Waals surface area contributed by atoms with Crippen LogP contribution in [-0.4, -0.2) is 11.6 Å². The lowest BCUT2D eigenvalue weighted by Gasteiger charge is -2.34. The van der Waals surface area contributed by atoms with E-state index in [1.54, 1.807) is 0 Å². The zero-order valence-electron chi connectivity index (χ0n) is 19.2. The van der Waals surface area contributed by atoms with Crippen molar-refractivity contribution in [2.24, 2.45) is 5.41 Å². The Morgan fingerprint density at radius 3 is 2.33 bits per heavy atom. The number of carbonyl (C=O) groups is 2. The molecule has 33 heavy (non-hydrogen) atoms. The third-order valence-electron chi connectivity index (χ3n) is 6.52. The minimum atomic E-state index is -0.242. The van der Waals surface area contributed by atoms with Gasteiger partial charge in [-0.25, -0.2) is 0 Å². The van der Waals surface area contributed by atoms with Gasteiger partial charge in [0, 0.05) is 28.8 Å². The van der Waals surface area contributed by atoms with Crippen LogP contribution in [0, 0.1) is 12.3 Å². The van der Waals surface area contributed by atoms with Crippen LogP contribution in [0.15, 0.2) is 84.1 Å². The van der Waals surface area contributed by atoms with Crippen LogP contribution in [0.1, 0.15) is 59.8 Å². The van der Waals surface area contributed by atoms with E-state index in [4.69, 9.17) is 0 Å². The summed E-state index contributed by atoms with van der Waals surface area (Å²) in [6.45, 7) is 6.32. The first-order chi connectivity index (χ1) is 15.8. The van der Waals surface area contributed by atoms with Crippen molar-refractivity contribution in [3.63, 3.8) is 0 Å². The lowest BCUT2D eigenvalue weighted by atomic mass is 9.73. The van der Waals surface area contributed by atoms with E-state index < -0.39 is 0 Å². The molecular weight excluding hydrogens is 408 g/mol. The van der Waals surface area contributed by atoms with Crippen LogP contribution < -0.4 is 10.6 Å². The first-order valence-electron chi connectivity index (χ1n) is 11.4. The van der Waals surface area contributed by atoms with Gasteiger partial charge in [0.25, 0.3) is 0 Å². The monoisotopic (exact) mass is 436 g/mol. The van der Waals surface area contributed by atoms with Gasteiger partial charge in [-0.1, -0.05) is 74.0 Å². The molecule has 0 bridgehead atoms. The maximum atomic E-state index is 13.4. The number of anilines is 2. The third-order valence-corrected chi connectivity index (χ3v) is 6.52. The number of nitrogens with one attached hydrogen (secondary N) is 2. The highest BCUT2D eigenvalue weighted by atomic mass is 16.1. The minimum Gasteiger partial charge on any atom is -0.372 e. The van der Waals surface area contributed by atoms with Crippen LogP contribution in [0.3, 0.4) is 0 Å². The maximum absolute atomic E-state index is 13.4. The molecular formula is C29H28N2O2. The van der Waals surface area contributed by atoms with E-state index in [9.17, 15) is 9.59 Å². The van der Waals surface area contributed by atoms with Gasteiger partial charge in [-0.3, -0.25) is 9.59 Å². The predicted molar refractivity (Wildman–Crippen MR) is 133 cm³/mol. The van der Waals surface area contributed by atoms with E-state index >= 15 is 0 Å².